The molecule has 1 aliphatic carbocycles. The lowest BCUT2D eigenvalue weighted by Gasteiger charge is -2.28. The Bertz CT molecular complexity index is 699. The van der Waals surface area contributed by atoms with E-state index in [1.54, 1.807) is 0 Å². The molecule has 0 spiro atoms. The standard InChI is InChI=1S/C22H34N2O4/c25-13-12-23(15-20(27)17-28-21-7-2-1-3-8-21)14-19(26)16-24-11-10-18-6-4-5-9-22(18)24/h4-6,9-11,19-21,25-27H,1-3,7-8,12-17H2/t19-,20+/m0/s1. The van der Waals surface area contributed by atoms with Crippen molar-refractivity contribution in [3.63, 3.8) is 0 Å². The molecular weight excluding hydrogens is 356 g/mol. The highest BCUT2D eigenvalue weighted by molar-refractivity contribution is 5.79. The third-order valence-corrected chi connectivity index (χ3v) is 5.52. The predicted molar refractivity (Wildman–Crippen MR) is 110 cm³/mol. The number of aliphatic hydroxyl groups is 3. The van der Waals surface area contributed by atoms with E-state index in [4.69, 9.17) is 4.74 Å². The zero-order valence-corrected chi connectivity index (χ0v) is 16.6. The quantitative estimate of drug-likeness (QED) is 0.547. The summed E-state index contributed by atoms with van der Waals surface area (Å²) < 4.78 is 7.90. The number of para-hydroxylation sites is 1. The van der Waals surface area contributed by atoms with Crippen molar-refractivity contribution in [3.05, 3.63) is 36.5 Å². The van der Waals surface area contributed by atoms with Crippen LogP contribution in [0.4, 0.5) is 0 Å². The van der Waals surface area contributed by atoms with Crippen molar-refractivity contribution < 1.29 is 20.1 Å². The molecule has 0 bridgehead atoms. The van der Waals surface area contributed by atoms with Crippen LogP contribution >= 0.6 is 0 Å². The largest absolute Gasteiger partial charge is 0.395 e. The molecule has 2 atom stereocenters. The Balaban J connectivity index is 1.47. The maximum atomic E-state index is 10.6. The first-order chi connectivity index (χ1) is 13.7. The van der Waals surface area contributed by atoms with Gasteiger partial charge in [0.05, 0.1) is 31.5 Å². The molecule has 3 rings (SSSR count). The number of hydrogen-bond donors (Lipinski definition) is 3. The molecule has 3 N–H and O–H groups in total. The second-order valence-electron chi connectivity index (χ2n) is 7.91. The maximum absolute atomic E-state index is 10.6. The normalized spacial score (nSPS) is 18.0. The van der Waals surface area contributed by atoms with Crippen LogP contribution in [0.25, 0.3) is 10.9 Å². The molecule has 6 nitrogen and oxygen atoms in total. The van der Waals surface area contributed by atoms with Gasteiger partial charge in [0.1, 0.15) is 0 Å². The van der Waals surface area contributed by atoms with Crippen LogP contribution in [0.2, 0.25) is 0 Å². The lowest BCUT2D eigenvalue weighted by molar-refractivity contribution is -0.0381. The number of aromatic nitrogens is 1. The predicted octanol–water partition coefficient (Wildman–Crippen LogP) is 2.01. The molecule has 1 fully saturated rings. The minimum atomic E-state index is -0.618. The molecule has 1 heterocycles. The third kappa shape index (κ3) is 6.29. The summed E-state index contributed by atoms with van der Waals surface area (Å²) in [6, 6.07) is 10.1. The minimum absolute atomic E-state index is 0.00459. The van der Waals surface area contributed by atoms with Gasteiger partial charge in [-0.05, 0) is 30.4 Å². The SMILES string of the molecule is OCCN(C[C@@H](O)COC1CCCCC1)C[C@H](O)Cn1ccc2ccccc21. The van der Waals surface area contributed by atoms with Crippen molar-refractivity contribution in [2.24, 2.45) is 0 Å². The summed E-state index contributed by atoms with van der Waals surface area (Å²) in [7, 11) is 0. The van der Waals surface area contributed by atoms with E-state index in [0.29, 0.717) is 32.8 Å². The highest BCUT2D eigenvalue weighted by Gasteiger charge is 2.19. The van der Waals surface area contributed by atoms with Crippen LogP contribution in [-0.2, 0) is 11.3 Å². The van der Waals surface area contributed by atoms with Gasteiger partial charge in [0, 0.05) is 37.9 Å². The molecule has 0 aliphatic heterocycles. The zero-order valence-electron chi connectivity index (χ0n) is 16.6. The number of rotatable bonds is 11. The van der Waals surface area contributed by atoms with Gasteiger partial charge in [0.25, 0.3) is 0 Å². The highest BCUT2D eigenvalue weighted by Crippen LogP contribution is 2.20. The van der Waals surface area contributed by atoms with Gasteiger partial charge in [-0.15, -0.1) is 0 Å². The van der Waals surface area contributed by atoms with Gasteiger partial charge >= 0.3 is 0 Å². The first kappa shape index (κ1) is 21.3. The van der Waals surface area contributed by atoms with E-state index in [1.165, 1.54) is 19.3 Å². The molecule has 1 aromatic heterocycles. The van der Waals surface area contributed by atoms with E-state index in [2.05, 4.69) is 6.07 Å². The van der Waals surface area contributed by atoms with Gasteiger partial charge in [-0.3, -0.25) is 4.90 Å². The molecule has 0 saturated heterocycles. The molecule has 1 aromatic carbocycles. The number of hydrogen-bond acceptors (Lipinski definition) is 5. The summed E-state index contributed by atoms with van der Waals surface area (Å²) in [5, 5.41) is 31.4. The zero-order chi connectivity index (χ0) is 19.8. The van der Waals surface area contributed by atoms with Gasteiger partial charge in [0.15, 0.2) is 0 Å². The van der Waals surface area contributed by atoms with Gasteiger partial charge in [-0.2, -0.15) is 0 Å². The van der Waals surface area contributed by atoms with Crippen molar-refractivity contribution in [3.8, 4) is 0 Å². The van der Waals surface area contributed by atoms with E-state index in [0.717, 1.165) is 23.7 Å². The Morgan fingerprint density at radius 3 is 2.57 bits per heavy atom. The van der Waals surface area contributed by atoms with E-state index >= 15 is 0 Å². The molecule has 0 amide bonds. The summed E-state index contributed by atoms with van der Waals surface area (Å²) in [5.41, 5.74) is 1.09. The Kier molecular flexibility index (Phi) is 8.30. The van der Waals surface area contributed by atoms with Gasteiger partial charge in [0.2, 0.25) is 0 Å². The van der Waals surface area contributed by atoms with Crippen molar-refractivity contribution in [2.75, 3.05) is 32.8 Å². The maximum Gasteiger partial charge on any atom is 0.0900 e. The number of ether oxygens (including phenoxy) is 1. The number of aliphatic hydroxyl groups excluding tert-OH is 3. The highest BCUT2D eigenvalue weighted by atomic mass is 16.5. The van der Waals surface area contributed by atoms with Crippen LogP contribution in [0.3, 0.4) is 0 Å². The van der Waals surface area contributed by atoms with Gasteiger partial charge in [-0.25, -0.2) is 0 Å². The molecule has 2 aromatic rings. The van der Waals surface area contributed by atoms with Crippen LogP contribution in [0.5, 0.6) is 0 Å². The molecule has 156 valence electrons. The lowest BCUT2D eigenvalue weighted by Crippen LogP contribution is -2.42. The van der Waals surface area contributed by atoms with Crippen LogP contribution in [0.15, 0.2) is 36.5 Å². The topological polar surface area (TPSA) is 78.1 Å². The molecule has 1 aliphatic rings. The summed E-state index contributed by atoms with van der Waals surface area (Å²) in [5.74, 6) is 0. The Labute approximate surface area is 167 Å². The van der Waals surface area contributed by atoms with Crippen LogP contribution < -0.4 is 0 Å². The van der Waals surface area contributed by atoms with Crippen LogP contribution in [0.1, 0.15) is 32.1 Å². The van der Waals surface area contributed by atoms with Crippen LogP contribution in [-0.4, -0.2) is 75.9 Å². The Hall–Kier alpha value is -1.44. The van der Waals surface area contributed by atoms with E-state index in [9.17, 15) is 15.3 Å². The van der Waals surface area contributed by atoms with Crippen molar-refractivity contribution in [2.45, 2.75) is 57.0 Å². The molecule has 0 unspecified atom stereocenters. The third-order valence-electron chi connectivity index (χ3n) is 5.52. The molecule has 6 heteroatoms. The fraction of sp³-hybridized carbons (Fsp3) is 0.636. The van der Waals surface area contributed by atoms with Crippen molar-refractivity contribution in [1.29, 1.82) is 0 Å². The first-order valence-electron chi connectivity index (χ1n) is 10.5. The molecular formula is C22H34N2O4. The van der Waals surface area contributed by atoms with Gasteiger partial charge in [-0.1, -0.05) is 37.5 Å². The van der Waals surface area contributed by atoms with E-state index < -0.39 is 12.2 Å². The van der Waals surface area contributed by atoms with Gasteiger partial charge < -0.3 is 24.6 Å². The number of fused-ring (bicyclic) bond motifs is 1. The lowest BCUT2D eigenvalue weighted by atomic mass is 9.98. The Morgan fingerprint density at radius 1 is 1.04 bits per heavy atom. The fourth-order valence-corrected chi connectivity index (χ4v) is 4.11. The summed E-state index contributed by atoms with van der Waals surface area (Å²) in [6.07, 6.45) is 6.89. The fourth-order valence-electron chi connectivity index (χ4n) is 4.11. The average Bonchev–Trinajstić information content (AvgIpc) is 3.10. The van der Waals surface area contributed by atoms with E-state index in [-0.39, 0.29) is 12.7 Å². The smallest absolute Gasteiger partial charge is 0.0900 e. The minimum Gasteiger partial charge on any atom is -0.395 e. The average molecular weight is 391 g/mol. The number of nitrogens with zero attached hydrogens (tertiary/aromatic N) is 2. The monoisotopic (exact) mass is 390 g/mol. The van der Waals surface area contributed by atoms with Crippen LogP contribution in [0, 0.1) is 0 Å². The summed E-state index contributed by atoms with van der Waals surface area (Å²) in [4.78, 5) is 1.91. The first-order valence-corrected chi connectivity index (χ1v) is 10.5. The number of benzene rings is 1. The van der Waals surface area contributed by atoms with Crippen molar-refractivity contribution in [1.82, 2.24) is 9.47 Å². The molecule has 0 radical (unpaired) electrons. The van der Waals surface area contributed by atoms with E-state index in [1.807, 2.05) is 39.9 Å². The Morgan fingerprint density at radius 2 is 1.79 bits per heavy atom. The summed E-state index contributed by atoms with van der Waals surface area (Å²) >= 11 is 0. The van der Waals surface area contributed by atoms with Crippen molar-refractivity contribution >= 4 is 10.9 Å². The molecule has 1 saturated carbocycles. The molecule has 28 heavy (non-hydrogen) atoms. The second kappa shape index (κ2) is 10.9. The second-order valence-corrected chi connectivity index (χ2v) is 7.91. The summed E-state index contributed by atoms with van der Waals surface area (Å²) in [6.45, 7) is 1.98.